The largest absolute Gasteiger partial charge is 0.494 e. The number of H-pyrrole nitrogens is 1. The van der Waals surface area contributed by atoms with Crippen molar-refractivity contribution >= 4 is 11.0 Å². The van der Waals surface area contributed by atoms with E-state index in [0.717, 1.165) is 52.1 Å². The summed E-state index contributed by atoms with van der Waals surface area (Å²) < 4.78 is 7.43. The number of aryl methyl sites for hydroxylation is 2. The van der Waals surface area contributed by atoms with Crippen LogP contribution in [0.2, 0.25) is 0 Å². The van der Waals surface area contributed by atoms with Crippen LogP contribution >= 0.6 is 0 Å². The maximum Gasteiger partial charge on any atom is 0.147 e. The number of nitrogens with zero attached hydrogens (tertiary/aromatic N) is 5. The minimum absolute atomic E-state index is 0.418. The number of pyridine rings is 1. The Bertz CT molecular complexity index is 1250. The van der Waals surface area contributed by atoms with Crippen molar-refractivity contribution in [2.24, 2.45) is 0 Å². The Hall–Kier alpha value is -3.66. The molecule has 29 heavy (non-hydrogen) atoms. The Morgan fingerprint density at radius 2 is 2.21 bits per heavy atom. The summed E-state index contributed by atoms with van der Waals surface area (Å²) in [6.45, 7) is 0.557. The number of hydrogen-bond acceptors (Lipinski definition) is 5. The smallest absolute Gasteiger partial charge is 0.147 e. The monoisotopic (exact) mass is 384 g/mol. The van der Waals surface area contributed by atoms with E-state index in [1.54, 1.807) is 18.0 Å². The Morgan fingerprint density at radius 1 is 1.28 bits per heavy atom. The van der Waals surface area contributed by atoms with Gasteiger partial charge in [0.15, 0.2) is 0 Å². The molecule has 0 fully saturated rings. The number of nitrogens with one attached hydrogen (secondary N) is 1. The number of aromatic amines is 1. The molecule has 0 radical (unpaired) electrons. The number of aromatic nitrogens is 5. The van der Waals surface area contributed by atoms with Gasteiger partial charge < -0.3 is 4.74 Å². The fourth-order valence-corrected chi connectivity index (χ4v) is 4.09. The fourth-order valence-electron chi connectivity index (χ4n) is 4.09. The predicted molar refractivity (Wildman–Crippen MR) is 109 cm³/mol. The summed E-state index contributed by atoms with van der Waals surface area (Å²) in [5, 5.41) is 20.7. The lowest BCUT2D eigenvalue weighted by molar-refractivity contribution is 0.415. The van der Waals surface area contributed by atoms with Crippen molar-refractivity contribution in [1.82, 2.24) is 25.0 Å². The number of rotatable bonds is 5. The highest BCUT2D eigenvalue weighted by Crippen LogP contribution is 2.38. The van der Waals surface area contributed by atoms with Crippen molar-refractivity contribution in [3.8, 4) is 34.3 Å². The quantitative estimate of drug-likeness (QED) is 0.563. The van der Waals surface area contributed by atoms with E-state index in [-0.39, 0.29) is 0 Å². The van der Waals surface area contributed by atoms with Crippen LogP contribution in [0.5, 0.6) is 5.75 Å². The number of fused-ring (bicyclic) bond motifs is 2. The Balaban J connectivity index is 1.65. The third-order valence-electron chi connectivity index (χ3n) is 5.48. The van der Waals surface area contributed by atoms with E-state index < -0.39 is 0 Å². The van der Waals surface area contributed by atoms with Gasteiger partial charge in [-0.3, -0.25) is 9.78 Å². The molecule has 1 aliphatic carbocycles. The molecule has 0 bridgehead atoms. The molecular formula is C22H20N6O. The molecule has 3 aromatic heterocycles. The molecule has 3 heterocycles. The van der Waals surface area contributed by atoms with E-state index in [1.165, 1.54) is 17.5 Å². The summed E-state index contributed by atoms with van der Waals surface area (Å²) in [4.78, 5) is 4.99. The van der Waals surface area contributed by atoms with Crippen LogP contribution < -0.4 is 4.74 Å². The molecule has 0 aliphatic heterocycles. The summed E-state index contributed by atoms with van der Waals surface area (Å²) in [5.41, 5.74) is 7.98. The third-order valence-corrected chi connectivity index (χ3v) is 5.48. The van der Waals surface area contributed by atoms with Crippen molar-refractivity contribution in [3.63, 3.8) is 0 Å². The number of methoxy groups -OCH3 is 1. The lowest BCUT2D eigenvalue weighted by Gasteiger charge is -2.12. The topological polar surface area (TPSA) is 92.4 Å². The highest BCUT2D eigenvalue weighted by molar-refractivity contribution is 5.92. The molecule has 1 aromatic carbocycles. The number of benzene rings is 1. The van der Waals surface area contributed by atoms with Gasteiger partial charge in [-0.15, -0.1) is 0 Å². The predicted octanol–water partition coefficient (Wildman–Crippen LogP) is 3.90. The molecule has 0 saturated carbocycles. The van der Waals surface area contributed by atoms with E-state index in [0.29, 0.717) is 13.0 Å². The number of hydrogen-bond donors (Lipinski definition) is 1. The molecule has 0 saturated heterocycles. The molecule has 0 spiro atoms. The maximum absolute atomic E-state index is 8.78. The van der Waals surface area contributed by atoms with Crippen LogP contribution in [0.15, 0.2) is 36.7 Å². The summed E-state index contributed by atoms with van der Waals surface area (Å²) in [6, 6.07) is 10.5. The van der Waals surface area contributed by atoms with E-state index in [9.17, 15) is 0 Å². The van der Waals surface area contributed by atoms with Crippen molar-refractivity contribution in [2.45, 2.75) is 32.2 Å². The molecular weight excluding hydrogens is 364 g/mol. The van der Waals surface area contributed by atoms with Gasteiger partial charge in [0.2, 0.25) is 0 Å². The lowest BCUT2D eigenvalue weighted by Crippen LogP contribution is -1.96. The molecule has 5 rings (SSSR count). The van der Waals surface area contributed by atoms with Gasteiger partial charge in [-0.25, -0.2) is 4.98 Å². The Morgan fingerprint density at radius 3 is 3.07 bits per heavy atom. The van der Waals surface area contributed by atoms with Crippen LogP contribution in [0.3, 0.4) is 0 Å². The standard InChI is InChI=1S/C22H20N6O/c1-29-19-11-18-22(20(27-26-18)15-12-24-28(13-15)10-4-9-23)25-21(19)17-8-3-6-14-5-2-7-16(14)17/h3,6,8,11-13H,2,4-5,7,10H2,1H3,(H,26,27). The molecule has 1 N–H and O–H groups in total. The first-order valence-electron chi connectivity index (χ1n) is 9.72. The average Bonchev–Trinajstić information content (AvgIpc) is 3.49. The third kappa shape index (κ3) is 2.93. The van der Waals surface area contributed by atoms with Gasteiger partial charge in [-0.05, 0) is 30.4 Å². The highest BCUT2D eigenvalue weighted by atomic mass is 16.5. The van der Waals surface area contributed by atoms with Crippen LogP contribution in [0, 0.1) is 11.3 Å². The second-order valence-corrected chi connectivity index (χ2v) is 7.20. The summed E-state index contributed by atoms with van der Waals surface area (Å²) in [6.07, 6.45) is 7.44. The maximum atomic E-state index is 8.78. The van der Waals surface area contributed by atoms with E-state index in [4.69, 9.17) is 15.0 Å². The summed E-state index contributed by atoms with van der Waals surface area (Å²) in [7, 11) is 1.67. The summed E-state index contributed by atoms with van der Waals surface area (Å²) >= 11 is 0. The van der Waals surface area contributed by atoms with Crippen LogP contribution in [0.4, 0.5) is 0 Å². The highest BCUT2D eigenvalue weighted by Gasteiger charge is 2.21. The normalized spacial score (nSPS) is 12.8. The van der Waals surface area contributed by atoms with Crippen LogP contribution in [-0.4, -0.2) is 32.1 Å². The minimum atomic E-state index is 0.418. The van der Waals surface area contributed by atoms with E-state index in [1.807, 2.05) is 12.3 Å². The Labute approximate surface area is 168 Å². The van der Waals surface area contributed by atoms with Crippen molar-refractivity contribution in [3.05, 3.63) is 47.8 Å². The van der Waals surface area contributed by atoms with Gasteiger partial charge in [0, 0.05) is 23.4 Å². The zero-order chi connectivity index (χ0) is 19.8. The molecule has 0 unspecified atom stereocenters. The van der Waals surface area contributed by atoms with Gasteiger partial charge in [0.25, 0.3) is 0 Å². The van der Waals surface area contributed by atoms with Crippen molar-refractivity contribution < 1.29 is 4.74 Å². The van der Waals surface area contributed by atoms with E-state index >= 15 is 0 Å². The second kappa shape index (κ2) is 7.06. The van der Waals surface area contributed by atoms with Gasteiger partial charge in [-0.2, -0.15) is 15.5 Å². The molecule has 1 aliphatic rings. The number of nitriles is 1. The first-order valence-corrected chi connectivity index (χ1v) is 9.72. The molecule has 4 aromatic rings. The Kier molecular flexibility index (Phi) is 4.24. The SMILES string of the molecule is COc1cc2[nH]nc(-c3cnn(CCC#N)c3)c2nc1-c1cccc2c1CCC2. The van der Waals surface area contributed by atoms with Gasteiger partial charge in [0.1, 0.15) is 22.7 Å². The molecule has 0 atom stereocenters. The van der Waals surface area contributed by atoms with Crippen LogP contribution in [0.1, 0.15) is 24.0 Å². The van der Waals surface area contributed by atoms with Crippen LogP contribution in [0.25, 0.3) is 33.5 Å². The van der Waals surface area contributed by atoms with E-state index in [2.05, 4.69) is 39.6 Å². The van der Waals surface area contributed by atoms with Gasteiger partial charge in [0.05, 0.1) is 37.9 Å². The van der Waals surface area contributed by atoms with Gasteiger partial charge >= 0.3 is 0 Å². The first kappa shape index (κ1) is 17.4. The fraction of sp³-hybridized carbons (Fsp3) is 0.273. The van der Waals surface area contributed by atoms with Crippen LogP contribution in [-0.2, 0) is 19.4 Å². The zero-order valence-electron chi connectivity index (χ0n) is 16.1. The minimum Gasteiger partial charge on any atom is -0.494 e. The second-order valence-electron chi connectivity index (χ2n) is 7.20. The zero-order valence-corrected chi connectivity index (χ0v) is 16.1. The van der Waals surface area contributed by atoms with Gasteiger partial charge in [-0.1, -0.05) is 18.2 Å². The molecule has 7 heteroatoms. The molecule has 7 nitrogen and oxygen atoms in total. The molecule has 0 amide bonds. The first-order chi connectivity index (χ1) is 14.3. The number of ether oxygens (including phenoxy) is 1. The average molecular weight is 384 g/mol. The lowest BCUT2D eigenvalue weighted by atomic mass is 9.99. The van der Waals surface area contributed by atoms with Crippen molar-refractivity contribution in [2.75, 3.05) is 7.11 Å². The molecule has 144 valence electrons. The van der Waals surface area contributed by atoms with Crippen molar-refractivity contribution in [1.29, 1.82) is 5.26 Å². The summed E-state index contributed by atoms with van der Waals surface area (Å²) in [5.74, 6) is 0.734.